The minimum Gasteiger partial charge on any atom is -0.497 e. The van der Waals surface area contributed by atoms with Gasteiger partial charge in [-0.3, -0.25) is 4.79 Å². The van der Waals surface area contributed by atoms with E-state index in [0.29, 0.717) is 6.54 Å². The number of aliphatic hydroxyl groups excluding tert-OH is 1. The second kappa shape index (κ2) is 7.43. The number of carbonyl (C=O) groups is 1. The van der Waals surface area contributed by atoms with Crippen LogP contribution < -0.4 is 10.1 Å². The first kappa shape index (κ1) is 17.1. The average molecular weight is 332 g/mol. The largest absolute Gasteiger partial charge is 0.497 e. The molecule has 1 aliphatic heterocycles. The zero-order valence-corrected chi connectivity index (χ0v) is 14.5. The summed E-state index contributed by atoms with van der Waals surface area (Å²) in [7, 11) is 1.65. The Kier molecular flexibility index (Phi) is 5.29. The number of benzene rings is 1. The van der Waals surface area contributed by atoms with Crippen LogP contribution in [0.4, 0.5) is 5.69 Å². The number of hydrogen-bond donors (Lipinski definition) is 2. The maximum absolute atomic E-state index is 13.3. The van der Waals surface area contributed by atoms with E-state index in [1.54, 1.807) is 7.11 Å². The van der Waals surface area contributed by atoms with Gasteiger partial charge in [-0.15, -0.1) is 0 Å². The van der Waals surface area contributed by atoms with Gasteiger partial charge in [0.05, 0.1) is 7.11 Å². The van der Waals surface area contributed by atoms with Crippen LogP contribution in [0, 0.1) is 5.92 Å². The summed E-state index contributed by atoms with van der Waals surface area (Å²) in [5.74, 6) is 1.25. The molecule has 3 rings (SSSR count). The van der Waals surface area contributed by atoms with Gasteiger partial charge in [-0.2, -0.15) is 0 Å². The summed E-state index contributed by atoms with van der Waals surface area (Å²) in [5.41, 5.74) is 0.459. The Hall–Kier alpha value is -1.75. The molecule has 1 saturated heterocycles. The molecule has 1 heterocycles. The normalized spacial score (nSPS) is 23.1. The van der Waals surface area contributed by atoms with Crippen molar-refractivity contribution in [1.82, 2.24) is 4.90 Å². The highest BCUT2D eigenvalue weighted by molar-refractivity contribution is 5.90. The molecule has 5 heteroatoms. The van der Waals surface area contributed by atoms with Crippen LogP contribution in [0.1, 0.15) is 38.5 Å². The minimum atomic E-state index is -0.503. The van der Waals surface area contributed by atoms with E-state index in [1.165, 1.54) is 6.42 Å². The molecule has 1 amide bonds. The quantitative estimate of drug-likeness (QED) is 0.870. The van der Waals surface area contributed by atoms with Crippen molar-refractivity contribution in [2.75, 3.05) is 32.1 Å². The molecule has 1 aliphatic carbocycles. The molecule has 0 radical (unpaired) electrons. The van der Waals surface area contributed by atoms with E-state index in [-0.39, 0.29) is 18.4 Å². The Morgan fingerprint density at radius 3 is 2.58 bits per heavy atom. The summed E-state index contributed by atoms with van der Waals surface area (Å²) < 4.78 is 5.21. The summed E-state index contributed by atoms with van der Waals surface area (Å²) in [6, 6.07) is 7.79. The molecular weight excluding hydrogens is 304 g/mol. The molecule has 0 bridgehead atoms. The number of hydrogen-bond acceptors (Lipinski definition) is 4. The Balaban J connectivity index is 1.77. The van der Waals surface area contributed by atoms with Gasteiger partial charge in [-0.25, -0.2) is 0 Å². The number of ether oxygens (including phenoxy) is 1. The summed E-state index contributed by atoms with van der Waals surface area (Å²) in [5, 5.41) is 12.9. The fraction of sp³-hybridized carbons (Fsp3) is 0.632. The number of amides is 1. The van der Waals surface area contributed by atoms with Gasteiger partial charge >= 0.3 is 0 Å². The molecule has 2 N–H and O–H groups in total. The van der Waals surface area contributed by atoms with Crippen molar-refractivity contribution in [3.8, 4) is 5.75 Å². The number of likely N-dealkylation sites (tertiary alicyclic amines) is 1. The summed E-state index contributed by atoms with van der Waals surface area (Å²) in [6.45, 7) is 1.61. The molecule has 1 saturated carbocycles. The lowest BCUT2D eigenvalue weighted by Gasteiger charge is -2.40. The zero-order chi connectivity index (χ0) is 17.0. The first-order valence-corrected chi connectivity index (χ1v) is 8.99. The minimum absolute atomic E-state index is 0.169. The topological polar surface area (TPSA) is 61.8 Å². The summed E-state index contributed by atoms with van der Waals surface area (Å²) in [6.07, 6.45) is 5.99. The van der Waals surface area contributed by atoms with Crippen LogP contribution in [0.2, 0.25) is 0 Å². The average Bonchev–Trinajstić information content (AvgIpc) is 3.11. The molecule has 1 atom stereocenters. The van der Waals surface area contributed by atoms with E-state index in [1.807, 2.05) is 29.2 Å². The third-order valence-electron chi connectivity index (χ3n) is 5.42. The van der Waals surface area contributed by atoms with Gasteiger partial charge in [-0.1, -0.05) is 19.3 Å². The highest BCUT2D eigenvalue weighted by Gasteiger charge is 2.43. The SMILES string of the molecule is COc1ccc(NC2(C(=O)N3CCC(CO)C3)CCCCC2)cc1. The molecule has 2 aliphatic rings. The van der Waals surface area contributed by atoms with Crippen molar-refractivity contribution in [2.24, 2.45) is 5.92 Å². The van der Waals surface area contributed by atoms with Crippen LogP contribution in [-0.4, -0.2) is 48.3 Å². The lowest BCUT2D eigenvalue weighted by molar-refractivity contribution is -0.136. The molecule has 24 heavy (non-hydrogen) atoms. The smallest absolute Gasteiger partial charge is 0.248 e. The number of nitrogens with one attached hydrogen (secondary N) is 1. The van der Waals surface area contributed by atoms with Gasteiger partial charge < -0.3 is 20.1 Å². The van der Waals surface area contributed by atoms with Crippen LogP contribution in [-0.2, 0) is 4.79 Å². The molecule has 1 aromatic carbocycles. The monoisotopic (exact) mass is 332 g/mol. The Bertz CT molecular complexity index is 552. The van der Waals surface area contributed by atoms with Gasteiger partial charge in [-0.05, 0) is 43.5 Å². The van der Waals surface area contributed by atoms with Crippen LogP contribution in [0.15, 0.2) is 24.3 Å². The van der Waals surface area contributed by atoms with E-state index in [2.05, 4.69) is 5.32 Å². The molecule has 132 valence electrons. The molecule has 2 fully saturated rings. The van der Waals surface area contributed by atoms with Crippen molar-refractivity contribution >= 4 is 11.6 Å². The van der Waals surface area contributed by atoms with E-state index in [9.17, 15) is 9.90 Å². The fourth-order valence-corrected chi connectivity index (χ4v) is 3.97. The van der Waals surface area contributed by atoms with Gasteiger partial charge in [0, 0.05) is 31.3 Å². The van der Waals surface area contributed by atoms with E-state index >= 15 is 0 Å². The third kappa shape index (κ3) is 3.51. The molecule has 0 aromatic heterocycles. The van der Waals surface area contributed by atoms with Crippen molar-refractivity contribution in [1.29, 1.82) is 0 Å². The molecular formula is C19H28N2O3. The maximum atomic E-state index is 13.3. The fourth-order valence-electron chi connectivity index (χ4n) is 3.97. The number of aliphatic hydroxyl groups is 1. The number of carbonyl (C=O) groups excluding carboxylic acids is 1. The van der Waals surface area contributed by atoms with Crippen LogP contribution in [0.3, 0.4) is 0 Å². The Morgan fingerprint density at radius 1 is 1.29 bits per heavy atom. The maximum Gasteiger partial charge on any atom is 0.248 e. The first-order chi connectivity index (χ1) is 11.7. The van der Waals surface area contributed by atoms with Gasteiger partial charge in [0.1, 0.15) is 11.3 Å². The predicted octanol–water partition coefficient (Wildman–Crippen LogP) is 2.65. The van der Waals surface area contributed by atoms with Gasteiger partial charge in [0.2, 0.25) is 5.91 Å². The highest BCUT2D eigenvalue weighted by atomic mass is 16.5. The lowest BCUT2D eigenvalue weighted by atomic mass is 9.80. The number of methoxy groups -OCH3 is 1. The first-order valence-electron chi connectivity index (χ1n) is 8.99. The number of anilines is 1. The van der Waals surface area contributed by atoms with Crippen molar-refractivity contribution < 1.29 is 14.6 Å². The molecule has 5 nitrogen and oxygen atoms in total. The summed E-state index contributed by atoms with van der Waals surface area (Å²) >= 11 is 0. The second-order valence-electron chi connectivity index (χ2n) is 7.08. The van der Waals surface area contributed by atoms with E-state index in [0.717, 1.165) is 50.1 Å². The van der Waals surface area contributed by atoms with Crippen molar-refractivity contribution in [3.63, 3.8) is 0 Å². The van der Waals surface area contributed by atoms with Crippen molar-refractivity contribution in [2.45, 2.75) is 44.1 Å². The molecule has 1 unspecified atom stereocenters. The van der Waals surface area contributed by atoms with E-state index in [4.69, 9.17) is 4.74 Å². The van der Waals surface area contributed by atoms with Crippen LogP contribution in [0.5, 0.6) is 5.75 Å². The third-order valence-corrected chi connectivity index (χ3v) is 5.42. The molecule has 1 aromatic rings. The zero-order valence-electron chi connectivity index (χ0n) is 14.5. The highest BCUT2D eigenvalue weighted by Crippen LogP contribution is 2.35. The van der Waals surface area contributed by atoms with Gasteiger partial charge in [0.15, 0.2) is 0 Å². The Labute approximate surface area is 144 Å². The van der Waals surface area contributed by atoms with Crippen molar-refractivity contribution in [3.05, 3.63) is 24.3 Å². The second-order valence-corrected chi connectivity index (χ2v) is 7.08. The number of nitrogens with zero attached hydrogens (tertiary/aromatic N) is 1. The standard InChI is InChI=1S/C19H28N2O3/c1-24-17-7-5-16(6-8-17)20-19(10-3-2-4-11-19)18(23)21-12-9-15(13-21)14-22/h5-8,15,20,22H,2-4,9-14H2,1H3. The molecule has 0 spiro atoms. The number of rotatable bonds is 5. The van der Waals surface area contributed by atoms with Gasteiger partial charge in [0.25, 0.3) is 0 Å². The Morgan fingerprint density at radius 2 is 2.00 bits per heavy atom. The lowest BCUT2D eigenvalue weighted by Crippen LogP contribution is -2.54. The van der Waals surface area contributed by atoms with Crippen LogP contribution >= 0.6 is 0 Å². The summed E-state index contributed by atoms with van der Waals surface area (Å²) in [4.78, 5) is 15.2. The predicted molar refractivity (Wildman–Crippen MR) is 94.2 cm³/mol. The van der Waals surface area contributed by atoms with Crippen LogP contribution in [0.25, 0.3) is 0 Å². The van der Waals surface area contributed by atoms with E-state index < -0.39 is 5.54 Å².